The second-order valence-electron chi connectivity index (χ2n) is 4.20. The van der Waals surface area contributed by atoms with Crippen molar-refractivity contribution in [2.45, 2.75) is 13.5 Å². The van der Waals surface area contributed by atoms with Crippen LogP contribution in [0.1, 0.15) is 12.5 Å². The van der Waals surface area contributed by atoms with Crippen LogP contribution in [0, 0.1) is 5.82 Å². The predicted octanol–water partition coefficient (Wildman–Crippen LogP) is 4.20. The minimum atomic E-state index is -0.385. The van der Waals surface area contributed by atoms with Gasteiger partial charge in [0.1, 0.15) is 17.3 Å². The van der Waals surface area contributed by atoms with E-state index < -0.39 is 0 Å². The molecule has 0 atom stereocenters. The monoisotopic (exact) mass is 295 g/mol. The number of phenolic OH excluding ortho intramolecular Hbond substituents is 1. The number of hydrogen-bond acceptors (Lipinski definition) is 3. The maximum absolute atomic E-state index is 13.1. The highest BCUT2D eigenvalue weighted by molar-refractivity contribution is 6.32. The van der Waals surface area contributed by atoms with Crippen molar-refractivity contribution in [2.24, 2.45) is 0 Å². The number of hydrogen-bond donors (Lipinski definition) is 2. The van der Waals surface area contributed by atoms with Gasteiger partial charge in [0.15, 0.2) is 0 Å². The number of benzene rings is 2. The van der Waals surface area contributed by atoms with Gasteiger partial charge in [-0.25, -0.2) is 4.39 Å². The molecule has 0 amide bonds. The second kappa shape index (κ2) is 6.48. The van der Waals surface area contributed by atoms with E-state index in [1.165, 1.54) is 18.2 Å². The molecule has 2 aromatic carbocycles. The molecule has 0 spiro atoms. The van der Waals surface area contributed by atoms with E-state index in [0.29, 0.717) is 29.5 Å². The van der Waals surface area contributed by atoms with Crippen LogP contribution in [-0.4, -0.2) is 11.7 Å². The standard InChI is InChI=1S/C15H15ClFNO2/c1-2-20-15-6-4-12(8-13(15)16)18-9-10-7-11(17)3-5-14(10)19/h3-8,18-19H,2,9H2,1H3. The van der Waals surface area contributed by atoms with Crippen molar-refractivity contribution >= 4 is 17.3 Å². The molecule has 0 unspecified atom stereocenters. The average molecular weight is 296 g/mol. The second-order valence-corrected chi connectivity index (χ2v) is 4.61. The Morgan fingerprint density at radius 3 is 2.75 bits per heavy atom. The summed E-state index contributed by atoms with van der Waals surface area (Å²) in [6.07, 6.45) is 0. The molecule has 0 heterocycles. The van der Waals surface area contributed by atoms with Crippen LogP contribution in [0.2, 0.25) is 5.02 Å². The fraction of sp³-hybridized carbons (Fsp3) is 0.200. The van der Waals surface area contributed by atoms with Crippen LogP contribution in [0.15, 0.2) is 36.4 Å². The normalized spacial score (nSPS) is 10.3. The maximum Gasteiger partial charge on any atom is 0.138 e. The van der Waals surface area contributed by atoms with Gasteiger partial charge < -0.3 is 15.2 Å². The molecule has 0 aromatic heterocycles. The van der Waals surface area contributed by atoms with E-state index in [1.54, 1.807) is 12.1 Å². The molecule has 0 bridgehead atoms. The largest absolute Gasteiger partial charge is 0.508 e. The molecule has 0 aliphatic rings. The van der Waals surface area contributed by atoms with Gasteiger partial charge in [0.25, 0.3) is 0 Å². The van der Waals surface area contributed by atoms with Crippen molar-refractivity contribution < 1.29 is 14.2 Å². The Hall–Kier alpha value is -1.94. The number of rotatable bonds is 5. The Bertz CT molecular complexity index is 604. The molecule has 2 aromatic rings. The van der Waals surface area contributed by atoms with Gasteiger partial charge in [-0.2, -0.15) is 0 Å². The van der Waals surface area contributed by atoms with Crippen molar-refractivity contribution in [1.29, 1.82) is 0 Å². The summed E-state index contributed by atoms with van der Waals surface area (Å²) >= 11 is 6.07. The van der Waals surface area contributed by atoms with Gasteiger partial charge in [-0.05, 0) is 43.3 Å². The van der Waals surface area contributed by atoms with Gasteiger partial charge in [-0.1, -0.05) is 11.6 Å². The van der Waals surface area contributed by atoms with Crippen LogP contribution in [0.4, 0.5) is 10.1 Å². The van der Waals surface area contributed by atoms with Gasteiger partial charge in [0, 0.05) is 17.8 Å². The molecule has 0 fully saturated rings. The summed E-state index contributed by atoms with van der Waals surface area (Å²) in [7, 11) is 0. The minimum absolute atomic E-state index is 0.0518. The summed E-state index contributed by atoms with van der Waals surface area (Å²) < 4.78 is 18.4. The van der Waals surface area contributed by atoms with E-state index in [1.807, 2.05) is 13.0 Å². The third-order valence-electron chi connectivity index (χ3n) is 2.76. The lowest BCUT2D eigenvalue weighted by Crippen LogP contribution is -2.01. The fourth-order valence-electron chi connectivity index (χ4n) is 1.78. The summed E-state index contributed by atoms with van der Waals surface area (Å²) in [5, 5.41) is 13.2. The van der Waals surface area contributed by atoms with Crippen LogP contribution in [0.25, 0.3) is 0 Å². The number of nitrogens with one attached hydrogen (secondary N) is 1. The van der Waals surface area contributed by atoms with Crippen LogP contribution in [0.5, 0.6) is 11.5 Å². The summed E-state index contributed by atoms with van der Waals surface area (Å²) in [6, 6.07) is 9.14. The van der Waals surface area contributed by atoms with E-state index in [2.05, 4.69) is 5.32 Å². The highest BCUT2D eigenvalue weighted by Crippen LogP contribution is 2.28. The van der Waals surface area contributed by atoms with Crippen LogP contribution < -0.4 is 10.1 Å². The van der Waals surface area contributed by atoms with Crippen molar-refractivity contribution in [3.8, 4) is 11.5 Å². The van der Waals surface area contributed by atoms with Crippen molar-refractivity contribution in [3.05, 3.63) is 52.8 Å². The zero-order chi connectivity index (χ0) is 14.5. The van der Waals surface area contributed by atoms with Gasteiger partial charge in [-0.3, -0.25) is 0 Å². The Balaban J connectivity index is 2.07. The SMILES string of the molecule is CCOc1ccc(NCc2cc(F)ccc2O)cc1Cl. The summed E-state index contributed by atoms with van der Waals surface area (Å²) in [6.45, 7) is 2.73. The number of halogens is 2. The third kappa shape index (κ3) is 3.54. The highest BCUT2D eigenvalue weighted by atomic mass is 35.5. The van der Waals surface area contributed by atoms with Crippen LogP contribution in [-0.2, 0) is 6.54 Å². The summed E-state index contributed by atoms with van der Waals surface area (Å²) in [5.41, 5.74) is 1.25. The lowest BCUT2D eigenvalue weighted by molar-refractivity contribution is 0.340. The van der Waals surface area contributed by atoms with Crippen LogP contribution in [0.3, 0.4) is 0 Å². The molecule has 3 nitrogen and oxygen atoms in total. The average Bonchev–Trinajstić information content (AvgIpc) is 2.43. The molecular formula is C15H15ClFNO2. The van der Waals surface area contributed by atoms with E-state index in [9.17, 15) is 9.50 Å². The Morgan fingerprint density at radius 2 is 2.05 bits per heavy atom. The van der Waals surface area contributed by atoms with Gasteiger partial charge in [0.05, 0.1) is 11.6 Å². The van der Waals surface area contributed by atoms with Gasteiger partial charge in [0.2, 0.25) is 0 Å². The molecule has 2 rings (SSSR count). The fourth-order valence-corrected chi connectivity index (χ4v) is 2.01. The van der Waals surface area contributed by atoms with E-state index in [-0.39, 0.29) is 11.6 Å². The van der Waals surface area contributed by atoms with Gasteiger partial charge in [-0.15, -0.1) is 0 Å². The molecule has 5 heteroatoms. The first-order valence-electron chi connectivity index (χ1n) is 6.23. The number of aromatic hydroxyl groups is 1. The minimum Gasteiger partial charge on any atom is -0.508 e. The quantitative estimate of drug-likeness (QED) is 0.869. The number of ether oxygens (including phenoxy) is 1. The Morgan fingerprint density at radius 1 is 1.25 bits per heavy atom. The molecule has 0 aliphatic heterocycles. The molecule has 20 heavy (non-hydrogen) atoms. The number of phenols is 1. The van der Waals surface area contributed by atoms with Gasteiger partial charge >= 0.3 is 0 Å². The van der Waals surface area contributed by atoms with E-state index in [4.69, 9.17) is 16.3 Å². The Kier molecular flexibility index (Phi) is 4.69. The first kappa shape index (κ1) is 14.5. The lowest BCUT2D eigenvalue weighted by atomic mass is 10.2. The van der Waals surface area contributed by atoms with E-state index in [0.717, 1.165) is 5.69 Å². The molecular weight excluding hydrogens is 281 g/mol. The number of anilines is 1. The lowest BCUT2D eigenvalue weighted by Gasteiger charge is -2.11. The van der Waals surface area contributed by atoms with Crippen molar-refractivity contribution in [2.75, 3.05) is 11.9 Å². The van der Waals surface area contributed by atoms with Crippen molar-refractivity contribution in [3.63, 3.8) is 0 Å². The van der Waals surface area contributed by atoms with Crippen molar-refractivity contribution in [1.82, 2.24) is 0 Å². The molecule has 0 saturated carbocycles. The molecule has 106 valence electrons. The molecule has 2 N–H and O–H groups in total. The first-order valence-corrected chi connectivity index (χ1v) is 6.61. The summed E-state index contributed by atoms with van der Waals surface area (Å²) in [5.74, 6) is 0.286. The highest BCUT2D eigenvalue weighted by Gasteiger charge is 2.05. The zero-order valence-electron chi connectivity index (χ0n) is 11.0. The molecule has 0 radical (unpaired) electrons. The predicted molar refractivity (Wildman–Crippen MR) is 78.0 cm³/mol. The third-order valence-corrected chi connectivity index (χ3v) is 3.05. The van der Waals surface area contributed by atoms with Crippen LogP contribution >= 0.6 is 11.6 Å². The molecule has 0 aliphatic carbocycles. The topological polar surface area (TPSA) is 41.5 Å². The smallest absolute Gasteiger partial charge is 0.138 e. The molecule has 0 saturated heterocycles. The maximum atomic E-state index is 13.1. The summed E-state index contributed by atoms with van der Waals surface area (Å²) in [4.78, 5) is 0. The Labute approximate surface area is 122 Å². The van der Waals surface area contributed by atoms with E-state index >= 15 is 0 Å². The zero-order valence-corrected chi connectivity index (χ0v) is 11.7. The first-order chi connectivity index (χ1) is 9.60.